The number of hydrogen-bond acceptors (Lipinski definition) is 7. The van der Waals surface area contributed by atoms with Gasteiger partial charge in [-0.2, -0.15) is 23.1 Å². The molecule has 35 heavy (non-hydrogen) atoms. The van der Waals surface area contributed by atoms with E-state index in [-0.39, 0.29) is 11.4 Å². The monoisotopic (exact) mass is 496 g/mol. The smallest absolute Gasteiger partial charge is 0.416 e. The van der Waals surface area contributed by atoms with Crippen LogP contribution in [0, 0.1) is 0 Å². The lowest BCUT2D eigenvalue weighted by Gasteiger charge is -2.10. The summed E-state index contributed by atoms with van der Waals surface area (Å²) < 4.78 is 46.3. The summed E-state index contributed by atoms with van der Waals surface area (Å²) in [5.74, 6) is 0.937. The fourth-order valence-corrected chi connectivity index (χ4v) is 3.70. The molecule has 2 N–H and O–H groups in total. The van der Waals surface area contributed by atoms with Crippen molar-refractivity contribution in [3.8, 4) is 11.6 Å². The van der Waals surface area contributed by atoms with E-state index in [1.54, 1.807) is 53.3 Å². The summed E-state index contributed by atoms with van der Waals surface area (Å²) in [7, 11) is 0. The number of rotatable bonds is 6. The van der Waals surface area contributed by atoms with Gasteiger partial charge in [0.15, 0.2) is 10.9 Å². The first-order chi connectivity index (χ1) is 16.8. The molecule has 5 rings (SSSR count). The van der Waals surface area contributed by atoms with Crippen LogP contribution in [0.3, 0.4) is 0 Å². The minimum absolute atomic E-state index is 0.111. The molecule has 0 aliphatic rings. The maximum Gasteiger partial charge on any atom is 0.416 e. The van der Waals surface area contributed by atoms with Gasteiger partial charge >= 0.3 is 6.18 Å². The van der Waals surface area contributed by atoms with E-state index in [1.165, 1.54) is 23.5 Å². The molecule has 8 nitrogen and oxygen atoms in total. The second kappa shape index (κ2) is 9.06. The Morgan fingerprint density at radius 3 is 2.71 bits per heavy atom. The highest BCUT2D eigenvalue weighted by atomic mass is 32.1. The van der Waals surface area contributed by atoms with Crippen molar-refractivity contribution in [3.63, 3.8) is 0 Å². The largest absolute Gasteiger partial charge is 0.439 e. The zero-order valence-electron chi connectivity index (χ0n) is 17.7. The van der Waals surface area contributed by atoms with Gasteiger partial charge in [0.05, 0.1) is 11.8 Å². The quantitative estimate of drug-likeness (QED) is 0.300. The summed E-state index contributed by atoms with van der Waals surface area (Å²) in [6, 6.07) is 12.3. The lowest BCUT2D eigenvalue weighted by Crippen LogP contribution is -2.13. The van der Waals surface area contributed by atoms with Gasteiger partial charge in [-0.3, -0.25) is 9.20 Å². The minimum Gasteiger partial charge on any atom is -0.439 e. The summed E-state index contributed by atoms with van der Waals surface area (Å²) in [6.07, 6.45) is 0.641. The van der Waals surface area contributed by atoms with E-state index < -0.39 is 17.6 Å². The van der Waals surface area contributed by atoms with Gasteiger partial charge in [-0.15, -0.1) is 11.3 Å². The first-order valence-corrected chi connectivity index (χ1v) is 11.0. The molecule has 0 atom stereocenters. The van der Waals surface area contributed by atoms with Crippen LogP contribution in [0.25, 0.3) is 5.78 Å². The number of carbonyl (C=O) groups excluding carboxylic acids is 1. The number of aromatic nitrogens is 4. The average Bonchev–Trinajstić information content (AvgIpc) is 3.48. The highest BCUT2D eigenvalue weighted by molar-refractivity contribution is 7.13. The Hall–Kier alpha value is -4.45. The van der Waals surface area contributed by atoms with Crippen molar-refractivity contribution in [2.75, 3.05) is 10.6 Å². The molecule has 0 aliphatic heterocycles. The minimum atomic E-state index is -4.54. The van der Waals surface area contributed by atoms with Gasteiger partial charge in [0.1, 0.15) is 5.75 Å². The Kier molecular flexibility index (Phi) is 5.79. The van der Waals surface area contributed by atoms with Crippen LogP contribution >= 0.6 is 11.3 Å². The Morgan fingerprint density at radius 1 is 1.06 bits per heavy atom. The number of amides is 1. The third-order valence-corrected chi connectivity index (χ3v) is 5.42. The third kappa shape index (κ3) is 5.22. The van der Waals surface area contributed by atoms with Crippen LogP contribution in [-0.2, 0) is 6.18 Å². The van der Waals surface area contributed by atoms with Crippen LogP contribution in [0.2, 0.25) is 0 Å². The number of nitrogens with zero attached hydrogens (tertiary/aromatic N) is 4. The molecule has 1 amide bonds. The highest BCUT2D eigenvalue weighted by Crippen LogP contribution is 2.30. The fraction of sp³-hybridized carbons (Fsp3) is 0.0435. The molecule has 0 spiro atoms. The number of halogens is 3. The van der Waals surface area contributed by atoms with Gasteiger partial charge in [-0.25, -0.2) is 4.98 Å². The number of hydrogen-bond donors (Lipinski definition) is 2. The van der Waals surface area contributed by atoms with Crippen LogP contribution in [0.4, 0.5) is 29.8 Å². The predicted molar refractivity (Wildman–Crippen MR) is 124 cm³/mol. The topological polar surface area (TPSA) is 93.4 Å². The number of ether oxygens (including phenoxy) is 1. The van der Waals surface area contributed by atoms with Gasteiger partial charge in [0.25, 0.3) is 5.91 Å². The number of benzene rings is 2. The molecule has 176 valence electrons. The number of alkyl halides is 3. The van der Waals surface area contributed by atoms with Crippen LogP contribution in [0.5, 0.6) is 11.6 Å². The van der Waals surface area contributed by atoms with Crippen LogP contribution < -0.4 is 15.4 Å². The van der Waals surface area contributed by atoms with Crippen molar-refractivity contribution >= 4 is 39.7 Å². The number of anilines is 3. The van der Waals surface area contributed by atoms with Gasteiger partial charge in [0, 0.05) is 41.2 Å². The molecule has 3 aromatic heterocycles. The van der Waals surface area contributed by atoms with E-state index in [0.29, 0.717) is 28.2 Å². The zero-order valence-corrected chi connectivity index (χ0v) is 18.5. The number of fused-ring (bicyclic) bond motifs is 1. The molecule has 3 heterocycles. The summed E-state index contributed by atoms with van der Waals surface area (Å²) in [5, 5.41) is 8.21. The maximum absolute atomic E-state index is 12.9. The van der Waals surface area contributed by atoms with E-state index in [0.717, 1.165) is 12.1 Å². The Bertz CT molecular complexity index is 1500. The lowest BCUT2D eigenvalue weighted by atomic mass is 10.1. The Balaban J connectivity index is 1.29. The van der Waals surface area contributed by atoms with E-state index >= 15 is 0 Å². The Labute approximate surface area is 200 Å². The first kappa shape index (κ1) is 22.3. The van der Waals surface area contributed by atoms with Gasteiger partial charge in [-0.05, 0) is 30.3 Å². The van der Waals surface area contributed by atoms with Gasteiger partial charge in [-0.1, -0.05) is 12.1 Å². The van der Waals surface area contributed by atoms with E-state index in [1.807, 2.05) is 5.38 Å². The average molecular weight is 496 g/mol. The second-order valence-electron chi connectivity index (χ2n) is 7.22. The normalized spacial score (nSPS) is 11.4. The van der Waals surface area contributed by atoms with Crippen molar-refractivity contribution in [2.24, 2.45) is 0 Å². The lowest BCUT2D eigenvalue weighted by molar-refractivity contribution is -0.137. The molecule has 0 saturated heterocycles. The van der Waals surface area contributed by atoms with Crippen molar-refractivity contribution in [3.05, 3.63) is 89.7 Å². The molecule has 0 saturated carbocycles. The van der Waals surface area contributed by atoms with Crippen LogP contribution in [0.15, 0.2) is 78.6 Å². The molecule has 0 unspecified atom stereocenters. The predicted octanol–water partition coefficient (Wildman–Crippen LogP) is 5.99. The van der Waals surface area contributed by atoms with Crippen LogP contribution in [0.1, 0.15) is 15.9 Å². The zero-order chi connectivity index (χ0) is 24.4. The fourth-order valence-electron chi connectivity index (χ4n) is 3.17. The number of carbonyl (C=O) groups is 1. The number of thiazole rings is 1. The van der Waals surface area contributed by atoms with Crippen molar-refractivity contribution < 1.29 is 22.7 Å². The van der Waals surface area contributed by atoms with Gasteiger partial charge in [0.2, 0.25) is 11.7 Å². The summed E-state index contributed by atoms with van der Waals surface area (Å²) in [5.41, 5.74) is -0.658. The molecule has 0 bridgehead atoms. The molecule has 2 aromatic carbocycles. The summed E-state index contributed by atoms with van der Waals surface area (Å²) in [4.78, 5) is 25.4. The highest BCUT2D eigenvalue weighted by Gasteiger charge is 2.30. The van der Waals surface area contributed by atoms with E-state index in [4.69, 9.17) is 4.74 Å². The molecular formula is C23H15F3N6O2S. The Morgan fingerprint density at radius 2 is 1.91 bits per heavy atom. The molecular weight excluding hydrogens is 481 g/mol. The second-order valence-corrected chi connectivity index (χ2v) is 8.12. The van der Waals surface area contributed by atoms with E-state index in [2.05, 4.69) is 25.6 Å². The molecule has 0 fully saturated rings. The summed E-state index contributed by atoms with van der Waals surface area (Å²) >= 11 is 1.44. The van der Waals surface area contributed by atoms with Crippen molar-refractivity contribution in [1.29, 1.82) is 0 Å². The van der Waals surface area contributed by atoms with Gasteiger partial charge < -0.3 is 15.4 Å². The molecule has 12 heteroatoms. The van der Waals surface area contributed by atoms with Crippen LogP contribution in [-0.4, -0.2) is 25.3 Å². The molecule has 0 radical (unpaired) electrons. The third-order valence-electron chi connectivity index (χ3n) is 4.73. The SMILES string of the molecule is O=C(Nc1cccc(Oc2ccn3cc(Nc4nccs4)nc3n2)c1)c1cccc(C(F)(F)F)c1. The molecule has 5 aromatic rings. The maximum atomic E-state index is 12.9. The number of nitrogens with one attached hydrogen (secondary N) is 2. The first-order valence-electron chi connectivity index (χ1n) is 10.1. The van der Waals surface area contributed by atoms with Crippen molar-refractivity contribution in [2.45, 2.75) is 6.18 Å². The number of imidazole rings is 1. The van der Waals surface area contributed by atoms with E-state index in [9.17, 15) is 18.0 Å². The molecule has 0 aliphatic carbocycles. The summed E-state index contributed by atoms with van der Waals surface area (Å²) in [6.45, 7) is 0. The van der Waals surface area contributed by atoms with Crippen molar-refractivity contribution in [1.82, 2.24) is 19.4 Å². The standard InChI is InChI=1S/C23H15F3N6O2S/c24-23(25,26)15-4-1-3-14(11-15)20(33)28-16-5-2-6-17(12-16)34-19-7-9-32-13-18(29-21(32)31-19)30-22-27-8-10-35-22/h1-13H,(H,27,30)(H,28,33).